The molecule has 3 heteroatoms. The smallest absolute Gasteiger partial charge is 0.210 e. The zero-order valence-electron chi connectivity index (χ0n) is 9.11. The first-order valence-corrected chi connectivity index (χ1v) is 5.12. The van der Waals surface area contributed by atoms with E-state index in [2.05, 4.69) is 0 Å². The second kappa shape index (κ2) is 5.49. The van der Waals surface area contributed by atoms with Crippen LogP contribution < -0.4 is 0 Å². The fourth-order valence-electron chi connectivity index (χ4n) is 1.33. The van der Waals surface area contributed by atoms with Crippen LogP contribution in [0.15, 0.2) is 24.3 Å². The van der Waals surface area contributed by atoms with Gasteiger partial charge in [0.25, 0.3) is 0 Å². The van der Waals surface area contributed by atoms with Gasteiger partial charge < -0.3 is 4.90 Å². The summed E-state index contributed by atoms with van der Waals surface area (Å²) in [7, 11) is 0. The Morgan fingerprint density at radius 2 is 2.00 bits per heavy atom. The zero-order chi connectivity index (χ0) is 11.3. The van der Waals surface area contributed by atoms with Gasteiger partial charge in [0.15, 0.2) is 0 Å². The van der Waals surface area contributed by atoms with Crippen molar-refractivity contribution in [2.45, 2.75) is 32.9 Å². The normalized spacial score (nSPS) is 12.2. The fourth-order valence-corrected chi connectivity index (χ4v) is 1.33. The number of amides is 1. The molecule has 0 spiro atoms. The molecule has 0 aromatic heterocycles. The Bertz CT molecular complexity index is 310. The largest absolute Gasteiger partial charge is 0.338 e. The van der Waals surface area contributed by atoms with Crippen molar-refractivity contribution in [3.05, 3.63) is 35.6 Å². The van der Waals surface area contributed by atoms with E-state index >= 15 is 0 Å². The van der Waals surface area contributed by atoms with Crippen molar-refractivity contribution in [3.8, 4) is 0 Å². The van der Waals surface area contributed by atoms with Gasteiger partial charge in [0.05, 0.1) is 0 Å². The maximum atomic E-state index is 12.6. The topological polar surface area (TPSA) is 20.3 Å². The molecule has 0 aliphatic heterocycles. The number of carbonyl (C=O) groups excluding carboxylic acids is 1. The van der Waals surface area contributed by atoms with E-state index < -0.39 is 0 Å². The third-order valence-corrected chi connectivity index (χ3v) is 2.57. The molecule has 15 heavy (non-hydrogen) atoms. The van der Waals surface area contributed by atoms with Crippen LogP contribution in [0, 0.1) is 5.82 Å². The Labute approximate surface area is 89.7 Å². The van der Waals surface area contributed by atoms with Crippen molar-refractivity contribution >= 4 is 6.41 Å². The lowest BCUT2D eigenvalue weighted by molar-refractivity contribution is -0.120. The van der Waals surface area contributed by atoms with Gasteiger partial charge in [0, 0.05) is 12.6 Å². The van der Waals surface area contributed by atoms with Crippen LogP contribution >= 0.6 is 0 Å². The van der Waals surface area contributed by atoms with Gasteiger partial charge in [-0.15, -0.1) is 0 Å². The number of benzene rings is 1. The zero-order valence-corrected chi connectivity index (χ0v) is 9.11. The monoisotopic (exact) mass is 209 g/mol. The molecule has 2 nitrogen and oxygen atoms in total. The summed E-state index contributed by atoms with van der Waals surface area (Å²) in [5, 5.41) is 0. The Hall–Kier alpha value is -1.38. The van der Waals surface area contributed by atoms with Gasteiger partial charge in [-0.2, -0.15) is 0 Å². The standard InChI is InChI=1S/C12H16FNO/c1-3-10(2)14(9-15)8-11-4-6-12(13)7-5-11/h4-7,9-10H,3,8H2,1-2H3. The summed E-state index contributed by atoms with van der Waals surface area (Å²) in [4.78, 5) is 12.5. The van der Waals surface area contributed by atoms with Crippen LogP contribution in [0.1, 0.15) is 25.8 Å². The van der Waals surface area contributed by atoms with E-state index in [9.17, 15) is 9.18 Å². The molecule has 1 atom stereocenters. The molecule has 0 N–H and O–H groups in total. The number of nitrogens with zero attached hydrogens (tertiary/aromatic N) is 1. The molecule has 0 saturated carbocycles. The predicted octanol–water partition coefficient (Wildman–Crippen LogP) is 2.58. The van der Waals surface area contributed by atoms with Gasteiger partial charge in [-0.3, -0.25) is 4.79 Å². The van der Waals surface area contributed by atoms with Crippen LogP contribution in [0.5, 0.6) is 0 Å². The average molecular weight is 209 g/mol. The first-order chi connectivity index (χ1) is 7.17. The molecule has 1 rings (SSSR count). The van der Waals surface area contributed by atoms with Gasteiger partial charge in [0.2, 0.25) is 6.41 Å². The van der Waals surface area contributed by atoms with Crippen LogP contribution in [0.25, 0.3) is 0 Å². The first kappa shape index (κ1) is 11.7. The van der Waals surface area contributed by atoms with E-state index in [1.807, 2.05) is 13.8 Å². The Kier molecular flexibility index (Phi) is 4.28. The quantitative estimate of drug-likeness (QED) is 0.682. The van der Waals surface area contributed by atoms with Crippen molar-refractivity contribution in [1.82, 2.24) is 4.90 Å². The summed E-state index contributed by atoms with van der Waals surface area (Å²) >= 11 is 0. The van der Waals surface area contributed by atoms with Crippen molar-refractivity contribution in [2.75, 3.05) is 0 Å². The van der Waals surface area contributed by atoms with Crippen LogP contribution in [0.4, 0.5) is 4.39 Å². The van der Waals surface area contributed by atoms with E-state index in [-0.39, 0.29) is 11.9 Å². The summed E-state index contributed by atoms with van der Waals surface area (Å²) in [5.41, 5.74) is 0.948. The minimum atomic E-state index is -0.250. The third-order valence-electron chi connectivity index (χ3n) is 2.57. The third kappa shape index (κ3) is 3.35. The lowest BCUT2D eigenvalue weighted by atomic mass is 10.1. The van der Waals surface area contributed by atoms with Crippen LogP contribution in [-0.2, 0) is 11.3 Å². The van der Waals surface area contributed by atoms with Crippen molar-refractivity contribution < 1.29 is 9.18 Å². The van der Waals surface area contributed by atoms with Crippen LogP contribution in [-0.4, -0.2) is 17.4 Å². The number of hydrogen-bond donors (Lipinski definition) is 0. The van der Waals surface area contributed by atoms with Gasteiger partial charge in [-0.05, 0) is 31.0 Å². The number of rotatable bonds is 5. The lowest BCUT2D eigenvalue weighted by Gasteiger charge is -2.23. The molecule has 0 saturated heterocycles. The second-order valence-corrected chi connectivity index (χ2v) is 3.66. The summed E-state index contributed by atoms with van der Waals surface area (Å²) in [6.07, 6.45) is 1.76. The summed E-state index contributed by atoms with van der Waals surface area (Å²) in [5.74, 6) is -0.250. The predicted molar refractivity (Wildman–Crippen MR) is 57.8 cm³/mol. The van der Waals surface area contributed by atoms with Gasteiger partial charge >= 0.3 is 0 Å². The fraction of sp³-hybridized carbons (Fsp3) is 0.417. The molecule has 1 amide bonds. The van der Waals surface area contributed by atoms with Gasteiger partial charge in [0.1, 0.15) is 5.82 Å². The van der Waals surface area contributed by atoms with Crippen LogP contribution in [0.2, 0.25) is 0 Å². The SMILES string of the molecule is CCC(C)N(C=O)Cc1ccc(F)cc1. The molecule has 82 valence electrons. The van der Waals surface area contributed by atoms with Crippen LogP contribution in [0.3, 0.4) is 0 Å². The summed E-state index contributed by atoms with van der Waals surface area (Å²) in [6.45, 7) is 4.57. The minimum absolute atomic E-state index is 0.215. The van der Waals surface area contributed by atoms with E-state index in [1.165, 1.54) is 12.1 Å². The Morgan fingerprint density at radius 1 is 1.40 bits per heavy atom. The average Bonchev–Trinajstić information content (AvgIpc) is 2.27. The second-order valence-electron chi connectivity index (χ2n) is 3.66. The van der Waals surface area contributed by atoms with Crippen molar-refractivity contribution in [3.63, 3.8) is 0 Å². The van der Waals surface area contributed by atoms with Crippen molar-refractivity contribution in [2.24, 2.45) is 0 Å². The number of hydrogen-bond acceptors (Lipinski definition) is 1. The molecule has 1 unspecified atom stereocenters. The number of carbonyl (C=O) groups is 1. The molecule has 0 fully saturated rings. The Morgan fingerprint density at radius 3 is 2.47 bits per heavy atom. The lowest BCUT2D eigenvalue weighted by Crippen LogP contribution is -2.30. The molecule has 0 aliphatic carbocycles. The van der Waals surface area contributed by atoms with Gasteiger partial charge in [-0.25, -0.2) is 4.39 Å². The molecular weight excluding hydrogens is 193 g/mol. The van der Waals surface area contributed by atoms with E-state index in [1.54, 1.807) is 17.0 Å². The highest BCUT2D eigenvalue weighted by Crippen LogP contribution is 2.09. The van der Waals surface area contributed by atoms with E-state index in [4.69, 9.17) is 0 Å². The molecule has 0 heterocycles. The Balaban J connectivity index is 2.66. The molecular formula is C12H16FNO. The highest BCUT2D eigenvalue weighted by Gasteiger charge is 2.09. The molecule has 0 bridgehead atoms. The summed E-state index contributed by atoms with van der Waals surface area (Å²) < 4.78 is 12.6. The molecule has 0 aliphatic rings. The molecule has 1 aromatic rings. The maximum Gasteiger partial charge on any atom is 0.210 e. The first-order valence-electron chi connectivity index (χ1n) is 5.12. The highest BCUT2D eigenvalue weighted by molar-refractivity contribution is 5.48. The molecule has 1 aromatic carbocycles. The van der Waals surface area contributed by atoms with Crippen molar-refractivity contribution in [1.29, 1.82) is 0 Å². The highest BCUT2D eigenvalue weighted by atomic mass is 19.1. The van der Waals surface area contributed by atoms with E-state index in [0.717, 1.165) is 18.4 Å². The molecule has 0 radical (unpaired) electrons. The van der Waals surface area contributed by atoms with Gasteiger partial charge in [-0.1, -0.05) is 19.1 Å². The minimum Gasteiger partial charge on any atom is -0.338 e. The number of halogens is 1. The van der Waals surface area contributed by atoms with E-state index in [0.29, 0.717) is 6.54 Å². The maximum absolute atomic E-state index is 12.6. The summed E-state index contributed by atoms with van der Waals surface area (Å²) in [6, 6.07) is 6.44.